The Morgan fingerprint density at radius 3 is 2.67 bits per heavy atom. The van der Waals surface area contributed by atoms with E-state index in [9.17, 15) is 9.59 Å². The van der Waals surface area contributed by atoms with Crippen molar-refractivity contribution in [2.24, 2.45) is 0 Å². The van der Waals surface area contributed by atoms with Gasteiger partial charge >= 0.3 is 0 Å². The highest BCUT2D eigenvalue weighted by Gasteiger charge is 2.26. The van der Waals surface area contributed by atoms with Gasteiger partial charge in [-0.3, -0.25) is 9.59 Å². The number of thioether (sulfide) groups is 1. The first kappa shape index (κ1) is 16.1. The van der Waals surface area contributed by atoms with Crippen LogP contribution in [0.5, 0.6) is 0 Å². The molecule has 4 heteroatoms. The number of carbonyl (C=O) groups is 2. The summed E-state index contributed by atoms with van der Waals surface area (Å²) in [5, 5.41) is 0.373. The number of hydrogen-bond donors (Lipinski definition) is 0. The number of ketones is 1. The fourth-order valence-corrected chi connectivity index (χ4v) is 3.30. The van der Waals surface area contributed by atoms with Crippen LogP contribution in [-0.2, 0) is 16.0 Å². The maximum absolute atomic E-state index is 12.0. The second-order valence-electron chi connectivity index (χ2n) is 5.54. The van der Waals surface area contributed by atoms with Crippen molar-refractivity contribution in [3.63, 3.8) is 0 Å². The predicted octanol–water partition coefficient (Wildman–Crippen LogP) is 2.93. The minimum Gasteiger partial charge on any atom is -0.335 e. The van der Waals surface area contributed by atoms with Crippen molar-refractivity contribution in [3.05, 3.63) is 35.9 Å². The van der Waals surface area contributed by atoms with E-state index in [1.54, 1.807) is 16.7 Å². The van der Waals surface area contributed by atoms with Crippen LogP contribution in [0.25, 0.3) is 0 Å². The molecule has 1 amide bonds. The lowest BCUT2D eigenvalue weighted by Crippen LogP contribution is -2.46. The Bertz CT molecular complexity index is 475. The average Bonchev–Trinajstić information content (AvgIpc) is 2.51. The Morgan fingerprint density at radius 1 is 1.33 bits per heavy atom. The zero-order valence-corrected chi connectivity index (χ0v) is 13.4. The number of aryl methyl sites for hydroxylation is 1. The van der Waals surface area contributed by atoms with Crippen molar-refractivity contribution in [3.8, 4) is 0 Å². The molecule has 0 spiro atoms. The van der Waals surface area contributed by atoms with Crippen LogP contribution in [0.15, 0.2) is 30.3 Å². The molecule has 1 atom stereocenters. The molecule has 1 aliphatic heterocycles. The smallest absolute Gasteiger partial charge is 0.224 e. The van der Waals surface area contributed by atoms with Gasteiger partial charge in [0.05, 0.1) is 6.54 Å². The van der Waals surface area contributed by atoms with Crippen LogP contribution >= 0.6 is 11.8 Å². The third kappa shape index (κ3) is 5.20. The van der Waals surface area contributed by atoms with Crippen LogP contribution in [0.4, 0.5) is 0 Å². The molecule has 0 radical (unpaired) electrons. The van der Waals surface area contributed by atoms with E-state index in [1.807, 2.05) is 6.07 Å². The third-order valence-electron chi connectivity index (χ3n) is 3.94. The van der Waals surface area contributed by atoms with Gasteiger partial charge in [0, 0.05) is 24.6 Å². The number of benzene rings is 1. The lowest BCUT2D eigenvalue weighted by molar-refractivity contribution is -0.143. The van der Waals surface area contributed by atoms with Crippen LogP contribution in [0.3, 0.4) is 0 Å². The molecule has 21 heavy (non-hydrogen) atoms. The molecule has 0 aliphatic carbocycles. The third-order valence-corrected chi connectivity index (χ3v) is 5.01. The van der Waals surface area contributed by atoms with E-state index in [1.165, 1.54) is 5.56 Å². The zero-order chi connectivity index (χ0) is 15.1. The minimum atomic E-state index is 0.119. The normalized spacial score (nSPS) is 15.7. The number of β-lactam (4-membered cyclic amide) rings is 1. The molecule has 1 aromatic rings. The predicted molar refractivity (Wildman–Crippen MR) is 87.5 cm³/mol. The molecule has 3 nitrogen and oxygen atoms in total. The molecular formula is C17H23NO2S. The highest BCUT2D eigenvalue weighted by molar-refractivity contribution is 7.99. The molecule has 1 fully saturated rings. The Morgan fingerprint density at radius 2 is 2.10 bits per heavy atom. The summed E-state index contributed by atoms with van der Waals surface area (Å²) in [6.07, 6.45) is 6.48. The van der Waals surface area contributed by atoms with E-state index in [2.05, 4.69) is 30.5 Å². The van der Waals surface area contributed by atoms with Crippen LogP contribution in [0, 0.1) is 0 Å². The fraction of sp³-hybridized carbons (Fsp3) is 0.529. The van der Waals surface area contributed by atoms with Gasteiger partial charge in [0.25, 0.3) is 0 Å². The maximum Gasteiger partial charge on any atom is 0.224 e. The first-order valence-electron chi connectivity index (χ1n) is 7.55. The number of nitrogens with zero attached hydrogens (tertiary/aromatic N) is 1. The van der Waals surface area contributed by atoms with Crippen molar-refractivity contribution < 1.29 is 9.59 Å². The van der Waals surface area contributed by atoms with Crippen molar-refractivity contribution in [2.75, 3.05) is 19.3 Å². The van der Waals surface area contributed by atoms with E-state index >= 15 is 0 Å². The fourth-order valence-electron chi connectivity index (χ4n) is 2.54. The second-order valence-corrected chi connectivity index (χ2v) is 6.68. The van der Waals surface area contributed by atoms with Crippen LogP contribution in [0.1, 0.15) is 31.2 Å². The van der Waals surface area contributed by atoms with Gasteiger partial charge in [-0.15, -0.1) is 0 Å². The molecule has 0 saturated carbocycles. The van der Waals surface area contributed by atoms with E-state index in [-0.39, 0.29) is 11.7 Å². The van der Waals surface area contributed by atoms with Gasteiger partial charge in [0.15, 0.2) is 5.78 Å². The molecule has 1 unspecified atom stereocenters. The van der Waals surface area contributed by atoms with E-state index in [4.69, 9.17) is 0 Å². The summed E-state index contributed by atoms with van der Waals surface area (Å²) >= 11 is 1.76. The van der Waals surface area contributed by atoms with Gasteiger partial charge < -0.3 is 4.90 Å². The Labute approximate surface area is 131 Å². The first-order chi connectivity index (χ1) is 10.2. The Hall–Kier alpha value is -1.29. The quantitative estimate of drug-likeness (QED) is 0.658. The van der Waals surface area contributed by atoms with E-state index in [0.29, 0.717) is 24.6 Å². The summed E-state index contributed by atoms with van der Waals surface area (Å²) in [6, 6.07) is 10.5. The molecular weight excluding hydrogens is 282 g/mol. The topological polar surface area (TPSA) is 37.4 Å². The standard InChI is InChI=1S/C17H23NO2S/c1-21-16(9-5-8-14-6-3-2-4-7-14)12-15(19)13-18-11-10-17(18)20/h2-4,6-7,16H,5,8-13H2,1H3. The van der Waals surface area contributed by atoms with Gasteiger partial charge in [-0.05, 0) is 31.1 Å². The lowest BCUT2D eigenvalue weighted by atomic mass is 10.0. The summed E-state index contributed by atoms with van der Waals surface area (Å²) in [4.78, 5) is 24.9. The summed E-state index contributed by atoms with van der Waals surface area (Å²) in [7, 11) is 0. The summed E-state index contributed by atoms with van der Waals surface area (Å²) in [5.74, 6) is 0.315. The number of rotatable bonds is 9. The molecule has 1 saturated heterocycles. The second kappa shape index (κ2) is 8.23. The van der Waals surface area contributed by atoms with Gasteiger partial charge in [-0.1, -0.05) is 30.3 Å². The van der Waals surface area contributed by atoms with E-state index < -0.39 is 0 Å². The number of Topliss-reactive ketones (excluding diaryl/α,β-unsaturated/α-hetero) is 1. The average molecular weight is 305 g/mol. The number of hydrogen-bond acceptors (Lipinski definition) is 3. The minimum absolute atomic E-state index is 0.119. The summed E-state index contributed by atoms with van der Waals surface area (Å²) < 4.78 is 0. The first-order valence-corrected chi connectivity index (χ1v) is 8.84. The molecule has 1 aliphatic rings. The zero-order valence-electron chi connectivity index (χ0n) is 12.6. The van der Waals surface area contributed by atoms with Gasteiger partial charge in [0.1, 0.15) is 0 Å². The van der Waals surface area contributed by atoms with Crippen LogP contribution in [-0.4, -0.2) is 41.2 Å². The molecule has 1 aromatic carbocycles. The Balaban J connectivity index is 1.67. The van der Waals surface area contributed by atoms with Crippen LogP contribution in [0.2, 0.25) is 0 Å². The molecule has 2 rings (SSSR count). The molecule has 0 bridgehead atoms. The van der Waals surface area contributed by atoms with Gasteiger partial charge in [0.2, 0.25) is 5.91 Å². The SMILES string of the molecule is CSC(CCCc1ccccc1)CC(=O)CN1CCC1=O. The van der Waals surface area contributed by atoms with Crippen molar-refractivity contribution in [2.45, 2.75) is 37.4 Å². The Kier molecular flexibility index (Phi) is 6.30. The van der Waals surface area contributed by atoms with Crippen LogP contribution < -0.4 is 0 Å². The molecule has 114 valence electrons. The van der Waals surface area contributed by atoms with Gasteiger partial charge in [-0.2, -0.15) is 11.8 Å². The number of amides is 1. The summed E-state index contributed by atoms with van der Waals surface area (Å²) in [6.45, 7) is 1.07. The molecule has 0 aromatic heterocycles. The molecule has 0 N–H and O–H groups in total. The highest BCUT2D eigenvalue weighted by atomic mass is 32.2. The van der Waals surface area contributed by atoms with Gasteiger partial charge in [-0.25, -0.2) is 0 Å². The van der Waals surface area contributed by atoms with Crippen molar-refractivity contribution in [1.29, 1.82) is 0 Å². The monoisotopic (exact) mass is 305 g/mol. The lowest BCUT2D eigenvalue weighted by Gasteiger charge is -2.30. The van der Waals surface area contributed by atoms with Crippen molar-refractivity contribution >= 4 is 23.5 Å². The number of likely N-dealkylation sites (tertiary alicyclic amines) is 1. The number of carbonyl (C=O) groups excluding carboxylic acids is 2. The maximum atomic E-state index is 12.0. The molecule has 1 heterocycles. The highest BCUT2D eigenvalue weighted by Crippen LogP contribution is 2.20. The summed E-state index contributed by atoms with van der Waals surface area (Å²) in [5.41, 5.74) is 1.36. The largest absolute Gasteiger partial charge is 0.335 e. The van der Waals surface area contributed by atoms with E-state index in [0.717, 1.165) is 25.8 Å². The van der Waals surface area contributed by atoms with Crippen molar-refractivity contribution in [1.82, 2.24) is 4.90 Å².